The molecule has 94 valence electrons. The molecule has 17 heavy (non-hydrogen) atoms. The normalized spacial score (nSPS) is 16.9. The fourth-order valence-corrected chi connectivity index (χ4v) is 2.56. The third kappa shape index (κ3) is 3.23. The highest BCUT2D eigenvalue weighted by Gasteiger charge is 2.22. The van der Waals surface area contributed by atoms with Crippen LogP contribution >= 0.6 is 35.3 Å². The van der Waals surface area contributed by atoms with Gasteiger partial charge in [0.2, 0.25) is 0 Å². The van der Waals surface area contributed by atoms with E-state index in [1.807, 2.05) is 18.2 Å². The van der Waals surface area contributed by atoms with Crippen molar-refractivity contribution in [1.82, 2.24) is 8.85 Å². The number of aryl methyl sites for hydroxylation is 1. The summed E-state index contributed by atoms with van der Waals surface area (Å²) in [6.07, 6.45) is 1.75. The number of carbonyl (C=O) groups is 1. The Morgan fingerprint density at radius 2 is 2.29 bits per heavy atom. The summed E-state index contributed by atoms with van der Waals surface area (Å²) < 4.78 is 8.33. The third-order valence-electron chi connectivity index (χ3n) is 2.74. The van der Waals surface area contributed by atoms with E-state index in [1.165, 1.54) is 11.1 Å². The molecular weight excluding hydrogens is 354 g/mol. The van der Waals surface area contributed by atoms with Crippen LogP contribution in [-0.4, -0.2) is 13.1 Å². The van der Waals surface area contributed by atoms with Crippen LogP contribution in [0.5, 0.6) is 5.75 Å². The molecule has 1 atom stereocenters. The van der Waals surface area contributed by atoms with Crippen molar-refractivity contribution >= 4 is 41.4 Å². The van der Waals surface area contributed by atoms with Gasteiger partial charge in [-0.3, -0.25) is 3.53 Å². The number of fused-ring (bicyclic) bond motifs is 1. The Morgan fingerprint density at radius 3 is 2.94 bits per heavy atom. The lowest BCUT2D eigenvalue weighted by molar-refractivity contribution is 0.203. The van der Waals surface area contributed by atoms with Crippen LogP contribution in [-0.2, 0) is 6.42 Å². The monoisotopic (exact) mass is 368 g/mol. The highest BCUT2D eigenvalue weighted by Crippen LogP contribution is 2.34. The van der Waals surface area contributed by atoms with Crippen molar-refractivity contribution in [3.63, 3.8) is 0 Å². The SMILES string of the molecule is CNC(=O)Oc1ccc2c(c1)C(NI)CC2.Cl. The van der Waals surface area contributed by atoms with Crippen LogP contribution < -0.4 is 13.6 Å². The molecule has 0 saturated heterocycles. The van der Waals surface area contributed by atoms with Gasteiger partial charge in [0, 0.05) is 36.0 Å². The molecule has 1 aromatic rings. The number of rotatable bonds is 2. The van der Waals surface area contributed by atoms with Gasteiger partial charge in [-0.05, 0) is 36.1 Å². The van der Waals surface area contributed by atoms with Gasteiger partial charge in [-0.1, -0.05) is 6.07 Å². The molecule has 0 bridgehead atoms. The maximum Gasteiger partial charge on any atom is 0.412 e. The number of halogens is 2. The number of ether oxygens (including phenoxy) is 1. The molecule has 0 fully saturated rings. The Kier molecular flexibility index (Phi) is 5.48. The maximum atomic E-state index is 11.1. The Morgan fingerprint density at radius 1 is 1.53 bits per heavy atom. The average Bonchev–Trinajstić information content (AvgIpc) is 2.71. The van der Waals surface area contributed by atoms with Crippen molar-refractivity contribution in [2.45, 2.75) is 18.9 Å². The topological polar surface area (TPSA) is 50.4 Å². The lowest BCUT2D eigenvalue weighted by atomic mass is 10.1. The zero-order chi connectivity index (χ0) is 11.5. The predicted molar refractivity (Wildman–Crippen MR) is 77.0 cm³/mol. The first-order chi connectivity index (χ1) is 7.74. The zero-order valence-corrected chi connectivity index (χ0v) is 12.3. The summed E-state index contributed by atoms with van der Waals surface area (Å²) in [7, 11) is 1.55. The van der Waals surface area contributed by atoms with Gasteiger partial charge >= 0.3 is 6.09 Å². The molecule has 0 heterocycles. The summed E-state index contributed by atoms with van der Waals surface area (Å²) in [5.41, 5.74) is 2.56. The van der Waals surface area contributed by atoms with Crippen LogP contribution in [0.4, 0.5) is 4.79 Å². The van der Waals surface area contributed by atoms with E-state index in [1.54, 1.807) is 7.05 Å². The fraction of sp³-hybridized carbons (Fsp3) is 0.364. The third-order valence-corrected chi connectivity index (χ3v) is 3.49. The van der Waals surface area contributed by atoms with E-state index in [0.717, 1.165) is 12.8 Å². The van der Waals surface area contributed by atoms with Crippen LogP contribution in [0.15, 0.2) is 18.2 Å². The standard InChI is InChI=1S/C11H13IN2O2.ClH/c1-13-11(15)16-8-4-2-7-3-5-10(14-12)9(7)6-8;/h2,4,6,10,14H,3,5H2,1H3,(H,13,15);1H. The molecule has 6 heteroatoms. The van der Waals surface area contributed by atoms with E-state index in [4.69, 9.17) is 4.74 Å². The quantitative estimate of drug-likeness (QED) is 0.623. The second-order valence-electron chi connectivity index (χ2n) is 3.70. The molecule has 1 aromatic carbocycles. The Hall–Kier alpha value is -0.530. The number of nitrogens with one attached hydrogen (secondary N) is 2. The van der Waals surface area contributed by atoms with Crippen molar-refractivity contribution in [3.05, 3.63) is 29.3 Å². The van der Waals surface area contributed by atoms with Crippen LogP contribution in [0.1, 0.15) is 23.6 Å². The first kappa shape index (κ1) is 14.5. The molecule has 1 unspecified atom stereocenters. The number of amides is 1. The van der Waals surface area contributed by atoms with Crippen LogP contribution in [0.3, 0.4) is 0 Å². The minimum Gasteiger partial charge on any atom is -0.410 e. The minimum absolute atomic E-state index is 0. The summed E-state index contributed by atoms with van der Waals surface area (Å²) in [4.78, 5) is 11.1. The summed E-state index contributed by atoms with van der Waals surface area (Å²) in [5, 5.41) is 2.43. The number of benzene rings is 1. The first-order valence-corrected chi connectivity index (χ1v) is 6.21. The van der Waals surface area contributed by atoms with Crippen LogP contribution in [0.25, 0.3) is 0 Å². The number of carbonyl (C=O) groups excluding carboxylic acids is 1. The number of hydrogen-bond acceptors (Lipinski definition) is 3. The summed E-state index contributed by atoms with van der Waals surface area (Å²) in [5.74, 6) is 0.594. The smallest absolute Gasteiger partial charge is 0.410 e. The van der Waals surface area contributed by atoms with Gasteiger partial charge in [-0.25, -0.2) is 4.79 Å². The lowest BCUT2D eigenvalue weighted by Gasteiger charge is -2.10. The van der Waals surface area contributed by atoms with Crippen molar-refractivity contribution < 1.29 is 9.53 Å². The molecule has 1 aliphatic carbocycles. The Labute approximate surface area is 120 Å². The van der Waals surface area contributed by atoms with E-state index in [0.29, 0.717) is 11.8 Å². The molecule has 1 amide bonds. The molecule has 0 radical (unpaired) electrons. The summed E-state index contributed by atoms with van der Waals surface area (Å²) in [6.45, 7) is 0. The van der Waals surface area contributed by atoms with E-state index in [2.05, 4.69) is 31.7 Å². The van der Waals surface area contributed by atoms with Gasteiger partial charge in [-0.2, -0.15) is 0 Å². The van der Waals surface area contributed by atoms with Crippen molar-refractivity contribution in [2.75, 3.05) is 7.05 Å². The average molecular weight is 369 g/mol. The maximum absolute atomic E-state index is 11.1. The highest BCUT2D eigenvalue weighted by atomic mass is 127. The first-order valence-electron chi connectivity index (χ1n) is 5.13. The van der Waals surface area contributed by atoms with E-state index in [-0.39, 0.29) is 12.4 Å². The van der Waals surface area contributed by atoms with Crippen molar-refractivity contribution in [1.29, 1.82) is 0 Å². The fourth-order valence-electron chi connectivity index (χ4n) is 1.92. The Balaban J connectivity index is 0.00000144. The van der Waals surface area contributed by atoms with Gasteiger partial charge in [0.05, 0.1) is 0 Å². The molecule has 0 spiro atoms. The largest absolute Gasteiger partial charge is 0.412 e. The molecule has 0 aromatic heterocycles. The molecule has 1 aliphatic rings. The second-order valence-corrected chi connectivity index (χ2v) is 4.32. The minimum atomic E-state index is -0.433. The summed E-state index contributed by atoms with van der Waals surface area (Å²) >= 11 is 2.16. The lowest BCUT2D eigenvalue weighted by Crippen LogP contribution is -2.22. The van der Waals surface area contributed by atoms with Gasteiger partial charge in [0.15, 0.2) is 0 Å². The molecule has 2 rings (SSSR count). The second kappa shape index (κ2) is 6.42. The summed E-state index contributed by atoms with van der Waals surface area (Å²) in [6, 6.07) is 6.17. The van der Waals surface area contributed by atoms with Crippen molar-refractivity contribution in [3.8, 4) is 5.75 Å². The van der Waals surface area contributed by atoms with Crippen molar-refractivity contribution in [2.24, 2.45) is 0 Å². The molecule has 0 aliphatic heterocycles. The number of hydrogen-bond donors (Lipinski definition) is 2. The van der Waals surface area contributed by atoms with Gasteiger partial charge in [-0.15, -0.1) is 12.4 Å². The van der Waals surface area contributed by atoms with Gasteiger partial charge in [0.1, 0.15) is 5.75 Å². The van der Waals surface area contributed by atoms with E-state index < -0.39 is 6.09 Å². The molecule has 0 saturated carbocycles. The predicted octanol–water partition coefficient (Wildman–Crippen LogP) is 2.75. The van der Waals surface area contributed by atoms with E-state index in [9.17, 15) is 4.79 Å². The molecular formula is C11H14ClIN2O2. The van der Waals surface area contributed by atoms with E-state index >= 15 is 0 Å². The molecule has 2 N–H and O–H groups in total. The van der Waals surface area contributed by atoms with Crippen LogP contribution in [0.2, 0.25) is 0 Å². The highest BCUT2D eigenvalue weighted by molar-refractivity contribution is 14.1. The molecule has 4 nitrogen and oxygen atoms in total. The van der Waals surface area contributed by atoms with Crippen LogP contribution in [0, 0.1) is 0 Å². The van der Waals surface area contributed by atoms with Gasteiger partial charge < -0.3 is 10.1 Å². The zero-order valence-electron chi connectivity index (χ0n) is 9.33. The Bertz CT molecular complexity index is 414. The van der Waals surface area contributed by atoms with Gasteiger partial charge in [0.25, 0.3) is 0 Å².